The largest absolute Gasteiger partial charge is 0.470 e. The zero-order chi connectivity index (χ0) is 18.5. The summed E-state index contributed by atoms with van der Waals surface area (Å²) < 4.78 is 16.7. The fraction of sp³-hybridized carbons (Fsp3) is 1.00. The topological polar surface area (TPSA) is 66.8 Å². The Balaban J connectivity index is 3.71. The van der Waals surface area contributed by atoms with Crippen molar-refractivity contribution in [1.29, 1.82) is 0 Å². The standard InChI is InChI=1S/C18H40NO4P/c1-5-6-7-8-9-10-11-12-13-14-15-16-18(17-19(2,3)4)23-24(20,21)22/h18H,5-17H2,1-4H3,(H-,20,21,22)/p+1. The van der Waals surface area contributed by atoms with Crippen molar-refractivity contribution in [3.05, 3.63) is 0 Å². The van der Waals surface area contributed by atoms with Crippen molar-refractivity contribution >= 4 is 7.82 Å². The molecule has 0 aromatic carbocycles. The average molecular weight is 367 g/mol. The monoisotopic (exact) mass is 366 g/mol. The summed E-state index contributed by atoms with van der Waals surface area (Å²) in [6.07, 6.45) is 14.4. The number of rotatable bonds is 16. The van der Waals surface area contributed by atoms with Crippen molar-refractivity contribution < 1.29 is 23.4 Å². The molecule has 0 aromatic heterocycles. The van der Waals surface area contributed by atoms with Gasteiger partial charge in [0.1, 0.15) is 12.6 Å². The number of phosphoric acid groups is 1. The van der Waals surface area contributed by atoms with Crippen molar-refractivity contribution in [2.45, 2.75) is 90.1 Å². The van der Waals surface area contributed by atoms with Crippen LogP contribution in [-0.4, -0.2) is 48.1 Å². The van der Waals surface area contributed by atoms with Crippen LogP contribution in [0.3, 0.4) is 0 Å². The maximum absolute atomic E-state index is 11.1. The van der Waals surface area contributed by atoms with Gasteiger partial charge in [-0.25, -0.2) is 4.57 Å². The van der Waals surface area contributed by atoms with Crippen LogP contribution in [0.5, 0.6) is 0 Å². The number of hydrogen-bond acceptors (Lipinski definition) is 2. The minimum Gasteiger partial charge on any atom is -0.329 e. The Hall–Kier alpha value is 0.0700. The van der Waals surface area contributed by atoms with Gasteiger partial charge in [0.05, 0.1) is 21.1 Å². The van der Waals surface area contributed by atoms with E-state index in [0.717, 1.165) is 19.3 Å². The molecule has 24 heavy (non-hydrogen) atoms. The van der Waals surface area contributed by atoms with Gasteiger partial charge in [0, 0.05) is 0 Å². The molecule has 1 atom stereocenters. The van der Waals surface area contributed by atoms with Crippen molar-refractivity contribution in [3.8, 4) is 0 Å². The molecule has 146 valence electrons. The van der Waals surface area contributed by atoms with Crippen LogP contribution in [0.2, 0.25) is 0 Å². The number of unbranched alkanes of at least 4 members (excludes halogenated alkanes) is 10. The van der Waals surface area contributed by atoms with Crippen LogP contribution in [0.25, 0.3) is 0 Å². The molecule has 0 fully saturated rings. The van der Waals surface area contributed by atoms with Gasteiger partial charge >= 0.3 is 7.82 Å². The Morgan fingerprint density at radius 3 is 1.62 bits per heavy atom. The molecule has 0 aromatic rings. The summed E-state index contributed by atoms with van der Waals surface area (Å²) >= 11 is 0. The van der Waals surface area contributed by atoms with E-state index < -0.39 is 7.82 Å². The predicted octanol–water partition coefficient (Wildman–Crippen LogP) is 4.87. The number of likely N-dealkylation sites (N-methyl/N-ethyl adjacent to an activating group) is 1. The smallest absolute Gasteiger partial charge is 0.329 e. The zero-order valence-corrected chi connectivity index (χ0v) is 17.3. The molecule has 6 heteroatoms. The Labute approximate surface area is 149 Å². The van der Waals surface area contributed by atoms with Crippen molar-refractivity contribution in [2.75, 3.05) is 27.7 Å². The molecule has 0 heterocycles. The molecule has 0 radical (unpaired) electrons. The lowest BCUT2D eigenvalue weighted by Crippen LogP contribution is -2.42. The zero-order valence-electron chi connectivity index (χ0n) is 16.4. The van der Waals surface area contributed by atoms with E-state index in [0.29, 0.717) is 11.0 Å². The number of phosphoric ester groups is 1. The summed E-state index contributed by atoms with van der Waals surface area (Å²) in [5, 5.41) is 0. The molecule has 0 aliphatic heterocycles. The maximum atomic E-state index is 11.1. The van der Waals surface area contributed by atoms with E-state index in [9.17, 15) is 4.57 Å². The predicted molar refractivity (Wildman–Crippen MR) is 101 cm³/mol. The van der Waals surface area contributed by atoms with Crippen LogP contribution in [0.1, 0.15) is 84.0 Å². The van der Waals surface area contributed by atoms with E-state index in [1.165, 1.54) is 57.8 Å². The van der Waals surface area contributed by atoms with Gasteiger partial charge < -0.3 is 14.3 Å². The highest BCUT2D eigenvalue weighted by Gasteiger charge is 2.26. The van der Waals surface area contributed by atoms with E-state index in [4.69, 9.17) is 14.3 Å². The van der Waals surface area contributed by atoms with Crippen LogP contribution in [-0.2, 0) is 9.09 Å². The van der Waals surface area contributed by atoms with E-state index in [1.807, 2.05) is 21.1 Å². The van der Waals surface area contributed by atoms with Gasteiger partial charge in [-0.1, -0.05) is 77.6 Å². The van der Waals surface area contributed by atoms with Crippen LogP contribution in [0, 0.1) is 0 Å². The Kier molecular flexibility index (Phi) is 13.3. The summed E-state index contributed by atoms with van der Waals surface area (Å²) in [7, 11) is 1.63. The molecule has 0 aliphatic carbocycles. The normalized spacial score (nSPS) is 14.1. The molecular weight excluding hydrogens is 325 g/mol. The molecule has 2 N–H and O–H groups in total. The number of quaternary nitrogens is 1. The number of nitrogens with zero attached hydrogens (tertiary/aromatic N) is 1. The number of hydrogen-bond donors (Lipinski definition) is 2. The van der Waals surface area contributed by atoms with Gasteiger partial charge in [-0.3, -0.25) is 4.52 Å². The minimum atomic E-state index is -4.40. The maximum Gasteiger partial charge on any atom is 0.470 e. The lowest BCUT2D eigenvalue weighted by atomic mass is 10.0. The van der Waals surface area contributed by atoms with E-state index in [1.54, 1.807) is 0 Å². The quantitative estimate of drug-likeness (QED) is 0.232. The van der Waals surface area contributed by atoms with E-state index in [2.05, 4.69) is 6.92 Å². The van der Waals surface area contributed by atoms with Gasteiger partial charge in [0.25, 0.3) is 0 Å². The first-order chi connectivity index (χ1) is 11.1. The van der Waals surface area contributed by atoms with Crippen molar-refractivity contribution in [1.82, 2.24) is 0 Å². The first kappa shape index (κ1) is 24.1. The van der Waals surface area contributed by atoms with E-state index in [-0.39, 0.29) is 6.10 Å². The average Bonchev–Trinajstić information content (AvgIpc) is 2.41. The SMILES string of the molecule is CCCCCCCCCCCCCC(C[N+](C)(C)C)OP(=O)(O)O. The Morgan fingerprint density at radius 1 is 0.833 bits per heavy atom. The van der Waals surface area contributed by atoms with Crippen LogP contribution in [0.4, 0.5) is 0 Å². The van der Waals surface area contributed by atoms with Crippen molar-refractivity contribution in [3.63, 3.8) is 0 Å². The van der Waals surface area contributed by atoms with Gasteiger partial charge in [0.15, 0.2) is 0 Å². The van der Waals surface area contributed by atoms with Crippen molar-refractivity contribution in [2.24, 2.45) is 0 Å². The third-order valence-electron chi connectivity index (χ3n) is 4.17. The second-order valence-corrected chi connectivity index (χ2v) is 9.21. The first-order valence-electron chi connectivity index (χ1n) is 9.68. The lowest BCUT2D eigenvalue weighted by Gasteiger charge is -2.29. The Bertz CT molecular complexity index is 338. The molecule has 0 amide bonds. The van der Waals surface area contributed by atoms with Crippen LogP contribution >= 0.6 is 7.82 Å². The molecular formula is C18H41NO4P+. The third-order valence-corrected chi connectivity index (χ3v) is 4.74. The summed E-state index contributed by atoms with van der Waals surface area (Å²) in [6.45, 7) is 2.86. The van der Waals surface area contributed by atoms with Crippen LogP contribution < -0.4 is 0 Å². The summed E-state index contributed by atoms with van der Waals surface area (Å²) in [5.41, 5.74) is 0. The fourth-order valence-corrected chi connectivity index (χ4v) is 3.58. The second-order valence-electron chi connectivity index (χ2n) is 8.02. The van der Waals surface area contributed by atoms with Gasteiger partial charge in [0.2, 0.25) is 0 Å². The molecule has 5 nitrogen and oxygen atoms in total. The summed E-state index contributed by atoms with van der Waals surface area (Å²) in [5.74, 6) is 0. The molecule has 0 saturated carbocycles. The second kappa shape index (κ2) is 13.3. The van der Waals surface area contributed by atoms with Gasteiger partial charge in [-0.05, 0) is 6.42 Å². The highest BCUT2D eigenvalue weighted by Crippen LogP contribution is 2.39. The summed E-state index contributed by atoms with van der Waals surface area (Å²) in [4.78, 5) is 18.1. The third kappa shape index (κ3) is 18.4. The van der Waals surface area contributed by atoms with Crippen LogP contribution in [0.15, 0.2) is 0 Å². The minimum absolute atomic E-state index is 0.371. The highest BCUT2D eigenvalue weighted by atomic mass is 31.2. The van der Waals surface area contributed by atoms with E-state index >= 15 is 0 Å². The molecule has 0 saturated heterocycles. The lowest BCUT2D eigenvalue weighted by molar-refractivity contribution is -0.873. The molecule has 0 bridgehead atoms. The fourth-order valence-electron chi connectivity index (χ4n) is 3.02. The van der Waals surface area contributed by atoms with Gasteiger partial charge in [-0.2, -0.15) is 0 Å². The molecule has 0 aliphatic rings. The summed E-state index contributed by atoms with van der Waals surface area (Å²) in [6, 6.07) is 0. The molecule has 1 unspecified atom stereocenters. The Morgan fingerprint density at radius 2 is 1.25 bits per heavy atom. The molecule has 0 rings (SSSR count). The first-order valence-corrected chi connectivity index (χ1v) is 11.2. The highest BCUT2D eigenvalue weighted by molar-refractivity contribution is 7.46. The molecule has 0 spiro atoms. The van der Waals surface area contributed by atoms with Gasteiger partial charge in [-0.15, -0.1) is 0 Å².